The number of halogens is 1. The van der Waals surface area contributed by atoms with Crippen molar-refractivity contribution in [1.82, 2.24) is 10.2 Å². The number of carbonyl (C=O) groups is 2. The van der Waals surface area contributed by atoms with Gasteiger partial charge in [0.05, 0.1) is 10.6 Å². The van der Waals surface area contributed by atoms with Crippen LogP contribution in [0.5, 0.6) is 0 Å². The van der Waals surface area contributed by atoms with Crippen molar-refractivity contribution >= 4 is 39.1 Å². The van der Waals surface area contributed by atoms with Crippen molar-refractivity contribution in [3.63, 3.8) is 0 Å². The van der Waals surface area contributed by atoms with E-state index in [9.17, 15) is 18.0 Å². The van der Waals surface area contributed by atoms with Crippen LogP contribution in [0.15, 0.2) is 83.8 Å². The van der Waals surface area contributed by atoms with Crippen LogP contribution in [-0.2, 0) is 26.2 Å². The number of carbonyl (C=O) groups excluding carboxylic acids is 2. The lowest BCUT2D eigenvalue weighted by atomic mass is 10.1. The molecule has 0 aromatic heterocycles. The minimum Gasteiger partial charge on any atom is -0.354 e. The van der Waals surface area contributed by atoms with Gasteiger partial charge in [-0.2, -0.15) is 0 Å². The van der Waals surface area contributed by atoms with Crippen LogP contribution < -0.4 is 9.62 Å². The second kappa shape index (κ2) is 13.4. The van der Waals surface area contributed by atoms with E-state index < -0.39 is 28.5 Å². The van der Waals surface area contributed by atoms with Gasteiger partial charge in [-0.05, 0) is 61.2 Å². The number of rotatable bonds is 12. The molecule has 38 heavy (non-hydrogen) atoms. The van der Waals surface area contributed by atoms with Crippen LogP contribution in [0, 0.1) is 6.92 Å². The van der Waals surface area contributed by atoms with Gasteiger partial charge in [0.1, 0.15) is 12.6 Å². The highest BCUT2D eigenvalue weighted by molar-refractivity contribution is 7.92. The SMILES string of the molecule is CCCNC(=O)[C@H](CC)N(Cc1ccc(Cl)cc1)C(=O)CN(c1ccccc1C)S(=O)(=O)c1ccccc1. The first-order valence-corrected chi connectivity index (χ1v) is 14.5. The highest BCUT2D eigenvalue weighted by atomic mass is 35.5. The summed E-state index contributed by atoms with van der Waals surface area (Å²) in [4.78, 5) is 28.6. The van der Waals surface area contributed by atoms with Crippen molar-refractivity contribution in [3.05, 3.63) is 95.0 Å². The Morgan fingerprint density at radius 3 is 2.16 bits per heavy atom. The molecule has 0 radical (unpaired) electrons. The summed E-state index contributed by atoms with van der Waals surface area (Å²) >= 11 is 6.05. The quantitative estimate of drug-likeness (QED) is 0.334. The first kappa shape index (κ1) is 29.2. The molecule has 0 saturated carbocycles. The average molecular weight is 556 g/mol. The summed E-state index contributed by atoms with van der Waals surface area (Å²) in [6, 6.07) is 21.3. The standard InChI is InChI=1S/C29H34ClN3O4S/c1-4-19-31-29(35)26(5-2)32(20-23-15-17-24(30)18-16-23)28(34)21-33(27-14-10-9-11-22(27)3)38(36,37)25-12-7-6-8-13-25/h6-18,26H,4-5,19-21H2,1-3H3,(H,31,35)/t26-/m0/s1. The second-order valence-electron chi connectivity index (χ2n) is 8.97. The molecule has 3 rings (SSSR count). The molecule has 0 saturated heterocycles. The van der Waals surface area contributed by atoms with Crippen LogP contribution in [0.1, 0.15) is 37.8 Å². The number of nitrogens with zero attached hydrogens (tertiary/aromatic N) is 2. The van der Waals surface area contributed by atoms with Crippen LogP contribution in [-0.4, -0.2) is 44.3 Å². The van der Waals surface area contributed by atoms with Crippen molar-refractivity contribution in [3.8, 4) is 0 Å². The van der Waals surface area contributed by atoms with Crippen molar-refractivity contribution in [2.45, 2.75) is 51.1 Å². The number of anilines is 1. The molecule has 0 unspecified atom stereocenters. The van der Waals surface area contributed by atoms with Gasteiger partial charge in [0, 0.05) is 18.1 Å². The molecular weight excluding hydrogens is 522 g/mol. The van der Waals surface area contributed by atoms with E-state index in [1.165, 1.54) is 17.0 Å². The first-order valence-electron chi connectivity index (χ1n) is 12.6. The van der Waals surface area contributed by atoms with E-state index in [4.69, 9.17) is 11.6 Å². The minimum absolute atomic E-state index is 0.0769. The van der Waals surface area contributed by atoms with E-state index in [-0.39, 0.29) is 17.3 Å². The van der Waals surface area contributed by atoms with Crippen LogP contribution in [0.3, 0.4) is 0 Å². The summed E-state index contributed by atoms with van der Waals surface area (Å²) in [7, 11) is -4.08. The van der Waals surface area contributed by atoms with Crippen molar-refractivity contribution in [1.29, 1.82) is 0 Å². The molecule has 0 aliphatic heterocycles. The van der Waals surface area contributed by atoms with Gasteiger partial charge < -0.3 is 10.2 Å². The maximum Gasteiger partial charge on any atom is 0.264 e. The monoisotopic (exact) mass is 555 g/mol. The van der Waals surface area contributed by atoms with Gasteiger partial charge in [0.2, 0.25) is 11.8 Å². The molecule has 7 nitrogen and oxygen atoms in total. The predicted molar refractivity (Wildman–Crippen MR) is 152 cm³/mol. The maximum atomic E-state index is 14.0. The normalized spacial score (nSPS) is 12.0. The molecule has 0 bridgehead atoms. The van der Waals surface area contributed by atoms with E-state index in [1.807, 2.05) is 19.9 Å². The lowest BCUT2D eigenvalue weighted by Gasteiger charge is -2.33. The van der Waals surface area contributed by atoms with Gasteiger partial charge in [-0.15, -0.1) is 0 Å². The predicted octanol–water partition coefficient (Wildman–Crippen LogP) is 5.18. The van der Waals surface area contributed by atoms with Gasteiger partial charge >= 0.3 is 0 Å². The Labute approximate surface area is 230 Å². The zero-order valence-electron chi connectivity index (χ0n) is 21.9. The number of hydrogen-bond donors (Lipinski definition) is 1. The largest absolute Gasteiger partial charge is 0.354 e. The lowest BCUT2D eigenvalue weighted by Crippen LogP contribution is -2.52. The fraction of sp³-hybridized carbons (Fsp3) is 0.310. The summed E-state index contributed by atoms with van der Waals surface area (Å²) in [6.07, 6.45) is 1.12. The topological polar surface area (TPSA) is 86.8 Å². The van der Waals surface area contributed by atoms with Crippen LogP contribution in [0.2, 0.25) is 5.02 Å². The van der Waals surface area contributed by atoms with Gasteiger partial charge in [-0.1, -0.05) is 74.0 Å². The van der Waals surface area contributed by atoms with Crippen molar-refractivity contribution in [2.75, 3.05) is 17.4 Å². The number of amides is 2. The number of benzene rings is 3. The van der Waals surface area contributed by atoms with Gasteiger partial charge in [0.25, 0.3) is 10.0 Å². The Bertz CT molecular complexity index is 1330. The van der Waals surface area contributed by atoms with E-state index in [0.717, 1.165) is 16.3 Å². The number of para-hydroxylation sites is 1. The Morgan fingerprint density at radius 2 is 1.55 bits per heavy atom. The molecular formula is C29H34ClN3O4S. The number of hydrogen-bond acceptors (Lipinski definition) is 4. The van der Waals surface area contributed by atoms with Gasteiger partial charge in [-0.3, -0.25) is 13.9 Å². The molecule has 3 aromatic carbocycles. The van der Waals surface area contributed by atoms with E-state index in [2.05, 4.69) is 5.32 Å². The molecule has 2 amide bonds. The molecule has 1 atom stereocenters. The number of aryl methyl sites for hydroxylation is 1. The van der Waals surface area contributed by atoms with E-state index >= 15 is 0 Å². The second-order valence-corrected chi connectivity index (χ2v) is 11.3. The third-order valence-electron chi connectivity index (χ3n) is 6.20. The molecule has 9 heteroatoms. The molecule has 0 spiro atoms. The molecule has 0 heterocycles. The summed E-state index contributed by atoms with van der Waals surface area (Å²) < 4.78 is 28.8. The fourth-order valence-electron chi connectivity index (χ4n) is 4.15. The summed E-state index contributed by atoms with van der Waals surface area (Å²) in [5.41, 5.74) is 1.88. The van der Waals surface area contributed by atoms with Crippen LogP contribution >= 0.6 is 11.6 Å². The Kier molecular flexibility index (Phi) is 10.3. The number of nitrogens with one attached hydrogen (secondary N) is 1. The van der Waals surface area contributed by atoms with E-state index in [0.29, 0.717) is 29.2 Å². The van der Waals surface area contributed by atoms with Crippen molar-refractivity contribution in [2.24, 2.45) is 0 Å². The summed E-state index contributed by atoms with van der Waals surface area (Å²) in [5.74, 6) is -0.758. The highest BCUT2D eigenvalue weighted by Gasteiger charge is 2.34. The Hall–Kier alpha value is -3.36. The lowest BCUT2D eigenvalue weighted by molar-refractivity contribution is -0.140. The number of sulfonamides is 1. The van der Waals surface area contributed by atoms with Crippen LogP contribution in [0.4, 0.5) is 5.69 Å². The molecule has 3 aromatic rings. The van der Waals surface area contributed by atoms with E-state index in [1.54, 1.807) is 67.6 Å². The summed E-state index contributed by atoms with van der Waals surface area (Å²) in [5, 5.41) is 3.43. The highest BCUT2D eigenvalue weighted by Crippen LogP contribution is 2.27. The molecule has 0 fully saturated rings. The zero-order valence-corrected chi connectivity index (χ0v) is 23.5. The van der Waals surface area contributed by atoms with Gasteiger partial charge in [0.15, 0.2) is 0 Å². The third-order valence-corrected chi connectivity index (χ3v) is 8.22. The van der Waals surface area contributed by atoms with Gasteiger partial charge in [-0.25, -0.2) is 8.42 Å². The maximum absolute atomic E-state index is 14.0. The molecule has 0 aliphatic carbocycles. The Morgan fingerprint density at radius 1 is 0.921 bits per heavy atom. The minimum atomic E-state index is -4.08. The fourth-order valence-corrected chi connectivity index (χ4v) is 5.77. The molecule has 0 aliphatic rings. The Balaban J connectivity index is 2.04. The third kappa shape index (κ3) is 7.14. The molecule has 1 N–H and O–H groups in total. The van der Waals surface area contributed by atoms with Crippen LogP contribution in [0.25, 0.3) is 0 Å². The smallest absolute Gasteiger partial charge is 0.264 e. The zero-order chi connectivity index (χ0) is 27.7. The average Bonchev–Trinajstić information content (AvgIpc) is 2.92. The van der Waals surface area contributed by atoms with Crippen molar-refractivity contribution < 1.29 is 18.0 Å². The summed E-state index contributed by atoms with van der Waals surface area (Å²) in [6.45, 7) is 5.72. The molecule has 202 valence electrons. The first-order chi connectivity index (χ1) is 18.2.